The van der Waals surface area contributed by atoms with Crippen molar-refractivity contribution in [2.75, 3.05) is 7.11 Å². The standard InChI is InChI=1S/C12H19N3O2/c1-3-8-4-5-11(17-2)9(6-8)7-10(13)12(16)15-14/h4-6,10H,3,7,13-14H2,1-2H3,(H,15,16). The number of carbonyl (C=O) groups excluding carboxylic acids is 1. The minimum atomic E-state index is -0.666. The number of benzene rings is 1. The first-order chi connectivity index (χ1) is 8.12. The lowest BCUT2D eigenvalue weighted by atomic mass is 10.0. The fraction of sp³-hybridized carbons (Fsp3) is 0.417. The van der Waals surface area contributed by atoms with Crippen LogP contribution in [-0.4, -0.2) is 19.1 Å². The summed E-state index contributed by atoms with van der Waals surface area (Å²) < 4.78 is 5.24. The molecule has 1 amide bonds. The van der Waals surface area contributed by atoms with E-state index in [0.29, 0.717) is 6.42 Å². The van der Waals surface area contributed by atoms with Gasteiger partial charge in [0.2, 0.25) is 0 Å². The third-order valence-electron chi connectivity index (χ3n) is 2.67. The van der Waals surface area contributed by atoms with Gasteiger partial charge in [0.1, 0.15) is 5.75 Å². The number of hydrazine groups is 1. The minimum Gasteiger partial charge on any atom is -0.496 e. The second kappa shape index (κ2) is 6.22. The second-order valence-corrected chi connectivity index (χ2v) is 3.82. The molecule has 1 aromatic rings. The van der Waals surface area contributed by atoms with Gasteiger partial charge in [0.15, 0.2) is 0 Å². The molecule has 1 atom stereocenters. The third kappa shape index (κ3) is 3.44. The maximum Gasteiger partial charge on any atom is 0.251 e. The van der Waals surface area contributed by atoms with E-state index in [4.69, 9.17) is 16.3 Å². The van der Waals surface area contributed by atoms with Crippen molar-refractivity contribution in [2.24, 2.45) is 11.6 Å². The second-order valence-electron chi connectivity index (χ2n) is 3.82. The van der Waals surface area contributed by atoms with Gasteiger partial charge in [-0.05, 0) is 23.6 Å². The molecule has 5 N–H and O–H groups in total. The summed E-state index contributed by atoms with van der Waals surface area (Å²) in [4.78, 5) is 11.3. The Morgan fingerprint density at radius 3 is 2.76 bits per heavy atom. The van der Waals surface area contributed by atoms with Gasteiger partial charge >= 0.3 is 0 Å². The molecule has 0 bridgehead atoms. The van der Waals surface area contributed by atoms with Gasteiger partial charge in [-0.1, -0.05) is 19.1 Å². The Balaban J connectivity index is 2.91. The number of amides is 1. The van der Waals surface area contributed by atoms with Gasteiger partial charge < -0.3 is 10.5 Å². The number of methoxy groups -OCH3 is 1. The van der Waals surface area contributed by atoms with Crippen LogP contribution in [0.25, 0.3) is 0 Å². The van der Waals surface area contributed by atoms with Crippen LogP contribution in [0.2, 0.25) is 0 Å². The zero-order valence-electron chi connectivity index (χ0n) is 10.2. The van der Waals surface area contributed by atoms with Gasteiger partial charge in [-0.3, -0.25) is 10.2 Å². The average Bonchev–Trinajstić information content (AvgIpc) is 2.37. The summed E-state index contributed by atoms with van der Waals surface area (Å²) in [6, 6.07) is 5.22. The van der Waals surface area contributed by atoms with E-state index in [0.717, 1.165) is 17.7 Å². The van der Waals surface area contributed by atoms with Crippen molar-refractivity contribution >= 4 is 5.91 Å². The number of hydrogen-bond donors (Lipinski definition) is 3. The van der Waals surface area contributed by atoms with Gasteiger partial charge in [0, 0.05) is 6.42 Å². The third-order valence-corrected chi connectivity index (χ3v) is 2.67. The molecular formula is C12H19N3O2. The Morgan fingerprint density at radius 1 is 1.53 bits per heavy atom. The molecule has 1 unspecified atom stereocenters. The molecule has 0 spiro atoms. The van der Waals surface area contributed by atoms with E-state index in [-0.39, 0.29) is 5.91 Å². The highest BCUT2D eigenvalue weighted by molar-refractivity contribution is 5.81. The van der Waals surface area contributed by atoms with Crippen molar-refractivity contribution in [3.8, 4) is 5.75 Å². The molecule has 0 saturated heterocycles. The van der Waals surface area contributed by atoms with Crippen molar-refractivity contribution in [1.29, 1.82) is 0 Å². The van der Waals surface area contributed by atoms with E-state index in [9.17, 15) is 4.79 Å². The molecule has 0 saturated carbocycles. The topological polar surface area (TPSA) is 90.4 Å². The number of nitrogens with two attached hydrogens (primary N) is 2. The van der Waals surface area contributed by atoms with Crippen LogP contribution in [0.1, 0.15) is 18.1 Å². The highest BCUT2D eigenvalue weighted by Gasteiger charge is 2.15. The fourth-order valence-corrected chi connectivity index (χ4v) is 1.65. The Kier molecular flexibility index (Phi) is 4.93. The minimum absolute atomic E-state index is 0.381. The van der Waals surface area contributed by atoms with E-state index in [2.05, 4.69) is 6.92 Å². The molecule has 17 heavy (non-hydrogen) atoms. The number of aryl methyl sites for hydroxylation is 1. The molecule has 1 rings (SSSR count). The molecule has 94 valence electrons. The number of rotatable bonds is 5. The van der Waals surface area contributed by atoms with Crippen molar-refractivity contribution in [3.63, 3.8) is 0 Å². The molecule has 0 radical (unpaired) electrons. The molecule has 0 aliphatic carbocycles. The molecule has 0 fully saturated rings. The summed E-state index contributed by atoms with van der Waals surface area (Å²) >= 11 is 0. The van der Waals surface area contributed by atoms with Gasteiger partial charge in [-0.25, -0.2) is 5.84 Å². The first-order valence-electron chi connectivity index (χ1n) is 5.54. The highest BCUT2D eigenvalue weighted by atomic mass is 16.5. The summed E-state index contributed by atoms with van der Waals surface area (Å²) in [6.45, 7) is 2.07. The summed E-state index contributed by atoms with van der Waals surface area (Å²) in [5.74, 6) is 5.40. The normalized spacial score (nSPS) is 12.0. The first kappa shape index (κ1) is 13.5. The van der Waals surface area contributed by atoms with E-state index in [1.165, 1.54) is 5.56 Å². The van der Waals surface area contributed by atoms with Crippen LogP contribution in [-0.2, 0) is 17.6 Å². The number of hydrogen-bond acceptors (Lipinski definition) is 4. The average molecular weight is 237 g/mol. The SMILES string of the molecule is CCc1ccc(OC)c(CC(N)C(=O)NN)c1. The lowest BCUT2D eigenvalue weighted by Crippen LogP contribution is -2.45. The van der Waals surface area contributed by atoms with Crippen molar-refractivity contribution in [1.82, 2.24) is 5.43 Å². The van der Waals surface area contributed by atoms with Crippen LogP contribution >= 0.6 is 0 Å². The van der Waals surface area contributed by atoms with Crippen LogP contribution in [0, 0.1) is 0 Å². The number of carbonyl (C=O) groups is 1. The molecule has 1 aromatic carbocycles. The summed E-state index contributed by atoms with van der Waals surface area (Å²) in [5, 5.41) is 0. The lowest BCUT2D eigenvalue weighted by molar-refractivity contribution is -0.122. The Hall–Kier alpha value is -1.59. The highest BCUT2D eigenvalue weighted by Crippen LogP contribution is 2.21. The Morgan fingerprint density at radius 2 is 2.24 bits per heavy atom. The molecule has 0 aliphatic rings. The molecular weight excluding hydrogens is 218 g/mol. The summed E-state index contributed by atoms with van der Waals surface area (Å²) in [7, 11) is 1.60. The largest absolute Gasteiger partial charge is 0.496 e. The molecule has 5 heteroatoms. The van der Waals surface area contributed by atoms with Gasteiger partial charge in [-0.2, -0.15) is 0 Å². The van der Waals surface area contributed by atoms with Crippen molar-refractivity contribution < 1.29 is 9.53 Å². The fourth-order valence-electron chi connectivity index (χ4n) is 1.65. The quantitative estimate of drug-likeness (QED) is 0.385. The molecule has 0 aliphatic heterocycles. The van der Waals surface area contributed by atoms with Gasteiger partial charge in [-0.15, -0.1) is 0 Å². The zero-order valence-corrected chi connectivity index (χ0v) is 10.2. The molecule has 0 aromatic heterocycles. The van der Waals surface area contributed by atoms with Crippen LogP contribution in [0.3, 0.4) is 0 Å². The Bertz CT molecular complexity index is 393. The van der Waals surface area contributed by atoms with E-state index in [1.807, 2.05) is 23.6 Å². The van der Waals surface area contributed by atoms with Crippen molar-refractivity contribution in [2.45, 2.75) is 25.8 Å². The summed E-state index contributed by atoms with van der Waals surface area (Å²) in [6.07, 6.45) is 1.33. The monoisotopic (exact) mass is 237 g/mol. The van der Waals surface area contributed by atoms with Gasteiger partial charge in [0.25, 0.3) is 5.91 Å². The maximum absolute atomic E-state index is 11.3. The number of nitrogens with one attached hydrogen (secondary N) is 1. The smallest absolute Gasteiger partial charge is 0.251 e. The molecule has 0 heterocycles. The first-order valence-corrected chi connectivity index (χ1v) is 5.54. The number of ether oxygens (including phenoxy) is 1. The lowest BCUT2D eigenvalue weighted by Gasteiger charge is -2.14. The van der Waals surface area contributed by atoms with Crippen LogP contribution in [0.5, 0.6) is 5.75 Å². The van der Waals surface area contributed by atoms with Crippen molar-refractivity contribution in [3.05, 3.63) is 29.3 Å². The Labute approximate surface area is 101 Å². The van der Waals surface area contributed by atoms with E-state index in [1.54, 1.807) is 7.11 Å². The predicted octanol–water partition coefficient (Wildman–Crippen LogP) is 0.117. The molecule has 5 nitrogen and oxygen atoms in total. The van der Waals surface area contributed by atoms with Crippen LogP contribution < -0.4 is 21.7 Å². The van der Waals surface area contributed by atoms with E-state index >= 15 is 0 Å². The summed E-state index contributed by atoms with van der Waals surface area (Å²) in [5.41, 5.74) is 9.87. The predicted molar refractivity (Wildman–Crippen MR) is 66.4 cm³/mol. The van der Waals surface area contributed by atoms with Crippen LogP contribution in [0.15, 0.2) is 18.2 Å². The van der Waals surface area contributed by atoms with Gasteiger partial charge in [0.05, 0.1) is 13.2 Å². The maximum atomic E-state index is 11.3. The zero-order chi connectivity index (χ0) is 12.8. The van der Waals surface area contributed by atoms with E-state index < -0.39 is 6.04 Å². The van der Waals surface area contributed by atoms with Crippen LogP contribution in [0.4, 0.5) is 0 Å².